The molecule has 0 aromatic heterocycles. The van der Waals surface area contributed by atoms with Gasteiger partial charge in [0.1, 0.15) is 0 Å². The molecule has 9 heavy (non-hydrogen) atoms. The number of rotatable bonds is 5. The van der Waals surface area contributed by atoms with Crippen LogP contribution < -0.4 is 0 Å². The minimum Gasteiger partial charge on any atom is -0.0891 e. The van der Waals surface area contributed by atoms with Crippen LogP contribution in [0, 0.1) is 0 Å². The zero-order valence-electron chi connectivity index (χ0n) is 6.49. The highest BCUT2D eigenvalue weighted by Crippen LogP contribution is 2.14. The van der Waals surface area contributed by atoms with Crippen LogP contribution in [0.4, 0.5) is 0 Å². The van der Waals surface area contributed by atoms with Gasteiger partial charge in [-0.2, -0.15) is 0 Å². The molecule has 1 atom stereocenters. The van der Waals surface area contributed by atoms with E-state index in [0.717, 1.165) is 4.83 Å². The molecule has 0 N–H and O–H groups in total. The van der Waals surface area contributed by atoms with E-state index in [4.69, 9.17) is 0 Å². The van der Waals surface area contributed by atoms with Crippen molar-refractivity contribution in [2.75, 3.05) is 0 Å². The Morgan fingerprint density at radius 3 is 2.22 bits per heavy atom. The molecule has 0 aliphatic rings. The lowest BCUT2D eigenvalue weighted by Crippen LogP contribution is -1.95. The van der Waals surface area contributed by atoms with Crippen LogP contribution in [0.2, 0.25) is 0 Å². The van der Waals surface area contributed by atoms with Gasteiger partial charge in [0.25, 0.3) is 0 Å². The van der Waals surface area contributed by atoms with Gasteiger partial charge in [0, 0.05) is 4.83 Å². The molecule has 0 amide bonds. The largest absolute Gasteiger partial charge is 0.0891 e. The summed E-state index contributed by atoms with van der Waals surface area (Å²) < 4.78 is 0. The molecule has 1 heteroatoms. The summed E-state index contributed by atoms with van der Waals surface area (Å²) in [7, 11) is 0. The van der Waals surface area contributed by atoms with E-state index in [0.29, 0.717) is 0 Å². The van der Waals surface area contributed by atoms with Crippen molar-refractivity contribution in [3.63, 3.8) is 0 Å². The van der Waals surface area contributed by atoms with E-state index in [-0.39, 0.29) is 0 Å². The molecule has 0 saturated carbocycles. The maximum Gasteiger partial charge on any atom is 0.0145 e. The highest BCUT2D eigenvalue weighted by atomic mass is 79.9. The van der Waals surface area contributed by atoms with Gasteiger partial charge in [0.05, 0.1) is 0 Å². The normalized spacial score (nSPS) is 13.7. The Morgan fingerprint density at radius 2 is 1.78 bits per heavy atom. The second-order valence-electron chi connectivity index (χ2n) is 2.53. The molecule has 0 radical (unpaired) electrons. The SMILES string of the molecule is CCCCC(Br)CCC. The van der Waals surface area contributed by atoms with Crippen molar-refractivity contribution in [2.45, 2.75) is 50.8 Å². The van der Waals surface area contributed by atoms with Gasteiger partial charge >= 0.3 is 0 Å². The first-order valence-corrected chi connectivity index (χ1v) is 4.86. The Kier molecular flexibility index (Phi) is 6.95. The van der Waals surface area contributed by atoms with Crippen LogP contribution in [0.3, 0.4) is 0 Å². The molecule has 0 fully saturated rings. The Bertz CT molecular complexity index is 52.5. The molecule has 0 aromatic carbocycles. The Balaban J connectivity index is 2.95. The predicted octanol–water partition coefficient (Wildman–Crippen LogP) is 3.74. The number of alkyl halides is 1. The minimum atomic E-state index is 0.780. The molecule has 0 aliphatic carbocycles. The summed E-state index contributed by atoms with van der Waals surface area (Å²) in [6.07, 6.45) is 6.69. The number of hydrogen-bond acceptors (Lipinski definition) is 0. The average molecular weight is 193 g/mol. The monoisotopic (exact) mass is 192 g/mol. The summed E-state index contributed by atoms with van der Waals surface area (Å²) in [6, 6.07) is 0. The smallest absolute Gasteiger partial charge is 0.0145 e. The first-order chi connectivity index (χ1) is 4.31. The van der Waals surface area contributed by atoms with Crippen LogP contribution in [0.15, 0.2) is 0 Å². The molecular formula is C8H17Br. The van der Waals surface area contributed by atoms with Gasteiger partial charge in [-0.15, -0.1) is 0 Å². The minimum absolute atomic E-state index is 0.780. The fraction of sp³-hybridized carbons (Fsp3) is 1.00. The average Bonchev–Trinajstić information content (AvgIpc) is 1.85. The fourth-order valence-electron chi connectivity index (χ4n) is 0.883. The zero-order chi connectivity index (χ0) is 7.11. The molecule has 0 nitrogen and oxygen atoms in total. The van der Waals surface area contributed by atoms with Crippen LogP contribution in [0.5, 0.6) is 0 Å². The Morgan fingerprint density at radius 1 is 1.11 bits per heavy atom. The standard InChI is InChI=1S/C8H17Br/c1-3-5-7-8(9)6-4-2/h8H,3-7H2,1-2H3. The molecule has 0 spiro atoms. The number of unbranched alkanes of at least 4 members (excludes halogenated alkanes) is 1. The van der Waals surface area contributed by atoms with Crippen molar-refractivity contribution >= 4 is 15.9 Å². The van der Waals surface area contributed by atoms with E-state index < -0.39 is 0 Å². The lowest BCUT2D eigenvalue weighted by molar-refractivity contribution is 0.646. The van der Waals surface area contributed by atoms with Crippen LogP contribution in [0.25, 0.3) is 0 Å². The van der Waals surface area contributed by atoms with E-state index in [1.807, 2.05) is 0 Å². The van der Waals surface area contributed by atoms with Gasteiger partial charge in [0.2, 0.25) is 0 Å². The number of halogens is 1. The van der Waals surface area contributed by atoms with Crippen LogP contribution in [-0.4, -0.2) is 4.83 Å². The van der Waals surface area contributed by atoms with Crippen molar-refractivity contribution in [1.82, 2.24) is 0 Å². The maximum absolute atomic E-state index is 3.64. The third-order valence-electron chi connectivity index (χ3n) is 1.47. The molecule has 0 rings (SSSR count). The van der Waals surface area contributed by atoms with Gasteiger partial charge in [-0.1, -0.05) is 49.0 Å². The second kappa shape index (κ2) is 6.60. The first-order valence-electron chi connectivity index (χ1n) is 3.95. The summed E-state index contributed by atoms with van der Waals surface area (Å²) in [5.74, 6) is 0. The molecular weight excluding hydrogens is 176 g/mol. The summed E-state index contributed by atoms with van der Waals surface area (Å²) in [5.41, 5.74) is 0. The Hall–Kier alpha value is 0.480. The van der Waals surface area contributed by atoms with Crippen LogP contribution in [0.1, 0.15) is 46.0 Å². The van der Waals surface area contributed by atoms with E-state index >= 15 is 0 Å². The molecule has 56 valence electrons. The number of hydrogen-bond donors (Lipinski definition) is 0. The van der Waals surface area contributed by atoms with E-state index in [9.17, 15) is 0 Å². The molecule has 1 unspecified atom stereocenters. The summed E-state index contributed by atoms with van der Waals surface area (Å²) >= 11 is 3.64. The molecule has 0 saturated heterocycles. The van der Waals surface area contributed by atoms with Crippen molar-refractivity contribution in [2.24, 2.45) is 0 Å². The molecule has 0 aromatic rings. The summed E-state index contributed by atoms with van der Waals surface area (Å²) in [4.78, 5) is 0.780. The first kappa shape index (κ1) is 9.48. The highest BCUT2D eigenvalue weighted by Gasteiger charge is 1.99. The van der Waals surface area contributed by atoms with Crippen molar-refractivity contribution in [3.8, 4) is 0 Å². The van der Waals surface area contributed by atoms with Gasteiger partial charge in [-0.05, 0) is 12.8 Å². The van der Waals surface area contributed by atoms with E-state index in [2.05, 4.69) is 29.8 Å². The van der Waals surface area contributed by atoms with Gasteiger partial charge in [-0.25, -0.2) is 0 Å². The lowest BCUT2D eigenvalue weighted by Gasteiger charge is -2.05. The second-order valence-corrected chi connectivity index (χ2v) is 3.82. The molecule has 0 bridgehead atoms. The predicted molar refractivity (Wildman–Crippen MR) is 47.1 cm³/mol. The lowest BCUT2D eigenvalue weighted by atomic mass is 10.1. The topological polar surface area (TPSA) is 0 Å². The summed E-state index contributed by atoms with van der Waals surface area (Å²) in [5, 5.41) is 0. The molecule has 0 heterocycles. The van der Waals surface area contributed by atoms with Crippen molar-refractivity contribution in [1.29, 1.82) is 0 Å². The molecule has 0 aliphatic heterocycles. The maximum atomic E-state index is 3.64. The zero-order valence-corrected chi connectivity index (χ0v) is 8.08. The van der Waals surface area contributed by atoms with Crippen molar-refractivity contribution < 1.29 is 0 Å². The van der Waals surface area contributed by atoms with E-state index in [1.54, 1.807) is 0 Å². The van der Waals surface area contributed by atoms with Gasteiger partial charge < -0.3 is 0 Å². The third kappa shape index (κ3) is 6.36. The third-order valence-corrected chi connectivity index (χ3v) is 2.39. The van der Waals surface area contributed by atoms with Gasteiger partial charge in [-0.3, -0.25) is 0 Å². The quantitative estimate of drug-likeness (QED) is 0.583. The summed E-state index contributed by atoms with van der Waals surface area (Å²) in [6.45, 7) is 4.48. The van der Waals surface area contributed by atoms with Crippen LogP contribution in [-0.2, 0) is 0 Å². The van der Waals surface area contributed by atoms with Crippen LogP contribution >= 0.6 is 15.9 Å². The Labute approximate surface area is 67.2 Å². The van der Waals surface area contributed by atoms with Gasteiger partial charge in [0.15, 0.2) is 0 Å². The van der Waals surface area contributed by atoms with Crippen molar-refractivity contribution in [3.05, 3.63) is 0 Å². The fourth-order valence-corrected chi connectivity index (χ4v) is 1.66. The highest BCUT2D eigenvalue weighted by molar-refractivity contribution is 9.09. The van der Waals surface area contributed by atoms with E-state index in [1.165, 1.54) is 32.1 Å².